The van der Waals surface area contributed by atoms with Crippen LogP contribution in [-0.4, -0.2) is 137 Å². The summed E-state index contributed by atoms with van der Waals surface area (Å²) in [7, 11) is 0. The summed E-state index contributed by atoms with van der Waals surface area (Å²) in [6.07, 6.45) is 5.09. The predicted molar refractivity (Wildman–Crippen MR) is 209 cm³/mol. The Labute approximate surface area is 330 Å². The molecule has 3 amide bonds. The molecule has 0 bridgehead atoms. The first-order valence-electron chi connectivity index (χ1n) is 18.7. The Balaban J connectivity index is 1.36. The van der Waals surface area contributed by atoms with E-state index in [-0.39, 0.29) is 68.2 Å². The summed E-state index contributed by atoms with van der Waals surface area (Å²) in [6.45, 7) is 1.45. The molecule has 1 aliphatic heterocycles. The zero-order valence-corrected chi connectivity index (χ0v) is 32.1. The second-order valence-electron chi connectivity index (χ2n) is 14.0. The van der Waals surface area contributed by atoms with Crippen LogP contribution in [0.2, 0.25) is 5.15 Å². The molecular weight excluding hydrogens is 748 g/mol. The number of hydrogen-bond donors (Lipinski definition) is 9. The van der Waals surface area contributed by atoms with Crippen LogP contribution in [0.4, 0.5) is 11.6 Å². The third-order valence-electron chi connectivity index (χ3n) is 9.64. The van der Waals surface area contributed by atoms with E-state index in [1.807, 2.05) is 48.5 Å². The number of nitrogen functional groups attached to an aromatic ring is 2. The molecular formula is C38H54ClN8O9+. The number of anilines is 2. The summed E-state index contributed by atoms with van der Waals surface area (Å²) in [5.74, 6) is -0.421. The van der Waals surface area contributed by atoms with Crippen molar-refractivity contribution in [1.29, 1.82) is 0 Å². The summed E-state index contributed by atoms with van der Waals surface area (Å²) in [6, 6.07) is 13.5. The van der Waals surface area contributed by atoms with Gasteiger partial charge in [0, 0.05) is 12.8 Å². The lowest BCUT2D eigenvalue weighted by Crippen LogP contribution is -2.60. The molecule has 0 spiro atoms. The van der Waals surface area contributed by atoms with Crippen LogP contribution in [0.1, 0.15) is 47.3 Å². The van der Waals surface area contributed by atoms with Crippen molar-refractivity contribution in [1.82, 2.24) is 25.9 Å². The molecule has 2 heterocycles. The summed E-state index contributed by atoms with van der Waals surface area (Å²) in [5, 5.41) is 44.6. The number of aliphatic hydroxyl groups is 4. The highest BCUT2D eigenvalue weighted by atomic mass is 35.5. The number of aliphatic hydroxyl groups excluding tert-OH is 4. The van der Waals surface area contributed by atoms with Crippen LogP contribution < -0.4 is 36.9 Å². The third kappa shape index (κ3) is 13.8. The minimum absolute atomic E-state index is 0.0458. The van der Waals surface area contributed by atoms with Gasteiger partial charge in [-0.25, -0.2) is 9.97 Å². The molecule has 17 nitrogen and oxygen atoms in total. The summed E-state index contributed by atoms with van der Waals surface area (Å²) < 4.78 is 11.9. The van der Waals surface area contributed by atoms with Crippen molar-refractivity contribution in [2.75, 3.05) is 77.3 Å². The van der Waals surface area contributed by atoms with Crippen molar-refractivity contribution in [3.8, 4) is 11.5 Å². The highest BCUT2D eigenvalue weighted by Crippen LogP contribution is 2.25. The number of hydrogen-bond acceptors (Lipinski definition) is 13. The van der Waals surface area contributed by atoms with E-state index in [0.717, 1.165) is 73.8 Å². The lowest BCUT2D eigenvalue weighted by atomic mass is 9.99. The highest BCUT2D eigenvalue weighted by Gasteiger charge is 2.35. The topological polar surface area (TPSA) is 264 Å². The minimum atomic E-state index is -0.734. The molecule has 1 atom stereocenters. The van der Waals surface area contributed by atoms with Crippen molar-refractivity contribution in [2.45, 2.75) is 56.7 Å². The first-order valence-corrected chi connectivity index (χ1v) is 19.0. The maximum atomic E-state index is 13.3. The van der Waals surface area contributed by atoms with Crippen LogP contribution >= 0.6 is 11.6 Å². The van der Waals surface area contributed by atoms with Crippen LogP contribution in [0.25, 0.3) is 0 Å². The molecule has 1 aromatic heterocycles. The molecule has 0 saturated carbocycles. The number of aromatic nitrogens is 2. The number of nitrogens with two attached hydrogens (primary N) is 2. The number of nitrogens with one attached hydrogen (secondary N) is 3. The number of carbonyl (C=O) groups is 3. The summed E-state index contributed by atoms with van der Waals surface area (Å²) >= 11 is 6.05. The number of quaternary nitrogens is 1. The monoisotopic (exact) mass is 801 g/mol. The van der Waals surface area contributed by atoms with E-state index in [1.165, 1.54) is 0 Å². The second-order valence-corrected chi connectivity index (χ2v) is 14.3. The maximum Gasteiger partial charge on any atom is 0.274 e. The average Bonchev–Trinajstić information content (AvgIpc) is 3.19. The number of aryl methyl sites for hydroxylation is 2. The lowest BCUT2D eigenvalue weighted by Gasteiger charge is -2.45. The molecule has 306 valence electrons. The number of piperidine rings is 1. The van der Waals surface area contributed by atoms with E-state index in [9.17, 15) is 14.4 Å². The van der Waals surface area contributed by atoms with Gasteiger partial charge >= 0.3 is 0 Å². The molecule has 1 saturated heterocycles. The van der Waals surface area contributed by atoms with Gasteiger partial charge in [-0.3, -0.25) is 14.4 Å². The Bertz CT molecular complexity index is 1630. The smallest absolute Gasteiger partial charge is 0.274 e. The molecule has 0 aliphatic carbocycles. The molecule has 56 heavy (non-hydrogen) atoms. The first-order chi connectivity index (χ1) is 27.0. The van der Waals surface area contributed by atoms with Gasteiger partial charge < -0.3 is 61.8 Å². The fourth-order valence-corrected chi connectivity index (χ4v) is 6.82. The molecule has 1 aliphatic rings. The average molecular weight is 802 g/mol. The quantitative estimate of drug-likeness (QED) is 0.0605. The van der Waals surface area contributed by atoms with Gasteiger partial charge in [0.05, 0.1) is 70.7 Å². The van der Waals surface area contributed by atoms with Crippen molar-refractivity contribution < 1.29 is 48.8 Å². The molecule has 3 aromatic rings. The van der Waals surface area contributed by atoms with Gasteiger partial charge in [0.1, 0.15) is 11.5 Å². The normalized spacial score (nSPS) is 15.0. The molecule has 18 heteroatoms. The minimum Gasteiger partial charge on any atom is -0.484 e. The maximum absolute atomic E-state index is 13.3. The third-order valence-corrected chi connectivity index (χ3v) is 9.92. The Kier molecular flexibility index (Phi) is 17.3. The van der Waals surface area contributed by atoms with E-state index < -0.39 is 29.8 Å². The number of benzene rings is 2. The van der Waals surface area contributed by atoms with Crippen LogP contribution in [0, 0.1) is 0 Å². The van der Waals surface area contributed by atoms with Crippen molar-refractivity contribution >= 4 is 41.0 Å². The molecule has 0 unspecified atom stereocenters. The molecule has 2 aromatic carbocycles. The number of amides is 3. The standard InChI is InChI=1S/C38H53ClN8O9/c39-35-37(41)46-36(40)34(45-35)38(54)44-27-6-3-17-47(18-27,15-1-4-25-7-11-30(12-8-25)55-23-32(52)42-28(19-48)20-49)16-2-5-26-9-13-31(14-10-26)56-24-33(53)43-29(21-50)22-51/h7-14,27-29,48-51H,1-6,15-24H2,(H6-,40,41,42,43,44,46,52,53,54)/p+1/t27-/m0/s1. The Morgan fingerprint density at radius 3 is 1.71 bits per heavy atom. The Hall–Kier alpha value is -4.78. The SMILES string of the molecule is Nc1nc(N)c(C(=O)N[C@H]2CCC[N+](CCCc3ccc(OCC(=O)NC(CO)CO)cc3)(CCCc3ccc(OCC(=O)NC(CO)CO)cc3)C2)nc1Cl. The lowest BCUT2D eigenvalue weighted by molar-refractivity contribution is -0.933. The van der Waals surface area contributed by atoms with Crippen LogP contribution in [0.5, 0.6) is 11.5 Å². The van der Waals surface area contributed by atoms with Gasteiger partial charge in [0.25, 0.3) is 17.7 Å². The van der Waals surface area contributed by atoms with Crippen LogP contribution in [-0.2, 0) is 22.4 Å². The van der Waals surface area contributed by atoms with Crippen molar-refractivity contribution in [2.24, 2.45) is 0 Å². The number of carbonyl (C=O) groups excluding carboxylic acids is 3. The zero-order valence-electron chi connectivity index (χ0n) is 31.4. The van der Waals surface area contributed by atoms with E-state index >= 15 is 0 Å². The summed E-state index contributed by atoms with van der Waals surface area (Å²) in [4.78, 5) is 45.4. The number of ether oxygens (including phenoxy) is 2. The van der Waals surface area contributed by atoms with Crippen molar-refractivity contribution in [3.63, 3.8) is 0 Å². The fourth-order valence-electron chi connectivity index (χ4n) is 6.70. The van der Waals surface area contributed by atoms with Crippen LogP contribution in [0.3, 0.4) is 0 Å². The molecule has 1 fully saturated rings. The Morgan fingerprint density at radius 1 is 0.768 bits per heavy atom. The summed E-state index contributed by atoms with van der Waals surface area (Å²) in [5.41, 5.74) is 13.8. The number of likely N-dealkylation sites (tertiary alicyclic amines) is 1. The fraction of sp³-hybridized carbons (Fsp3) is 0.500. The van der Waals surface area contributed by atoms with Gasteiger partial charge in [-0.15, -0.1) is 0 Å². The van der Waals surface area contributed by atoms with Crippen molar-refractivity contribution in [3.05, 3.63) is 70.5 Å². The largest absolute Gasteiger partial charge is 0.484 e. The second kappa shape index (κ2) is 22.1. The zero-order chi connectivity index (χ0) is 40.5. The van der Waals surface area contributed by atoms with E-state index in [4.69, 9.17) is 53.0 Å². The molecule has 11 N–H and O–H groups in total. The Morgan fingerprint density at radius 2 is 1.25 bits per heavy atom. The van der Waals surface area contributed by atoms with Gasteiger partial charge in [-0.05, 0) is 61.1 Å². The van der Waals surface area contributed by atoms with Crippen LogP contribution in [0.15, 0.2) is 48.5 Å². The number of nitrogens with zero attached hydrogens (tertiary/aromatic N) is 3. The van der Waals surface area contributed by atoms with E-state index in [1.54, 1.807) is 0 Å². The number of rotatable bonds is 22. The first kappa shape index (κ1) is 43.9. The van der Waals surface area contributed by atoms with Gasteiger partial charge in [-0.1, -0.05) is 35.9 Å². The van der Waals surface area contributed by atoms with E-state index in [0.29, 0.717) is 18.0 Å². The predicted octanol–water partition coefficient (Wildman–Crippen LogP) is -0.0346. The van der Waals surface area contributed by atoms with Gasteiger partial charge in [0.15, 0.2) is 35.7 Å². The van der Waals surface area contributed by atoms with E-state index in [2.05, 4.69) is 25.9 Å². The van der Waals surface area contributed by atoms with Gasteiger partial charge in [0.2, 0.25) is 0 Å². The molecule has 4 rings (SSSR count). The number of halogens is 1. The molecule has 0 radical (unpaired) electrons. The van der Waals surface area contributed by atoms with Gasteiger partial charge in [-0.2, -0.15) is 0 Å². The highest BCUT2D eigenvalue weighted by molar-refractivity contribution is 6.31.